The number of ketones is 1. The van der Waals surface area contributed by atoms with E-state index in [0.717, 1.165) is 5.56 Å². The zero-order valence-electron chi connectivity index (χ0n) is 10.5. The molecular weight excluding hydrogens is 232 g/mol. The molecule has 0 aromatic heterocycles. The highest BCUT2D eigenvalue weighted by Gasteiger charge is 2.47. The van der Waals surface area contributed by atoms with Crippen molar-refractivity contribution in [2.24, 2.45) is 0 Å². The molecule has 0 spiro atoms. The molecule has 4 nitrogen and oxygen atoms in total. The normalized spacial score (nSPS) is 27.2. The van der Waals surface area contributed by atoms with Gasteiger partial charge in [0.15, 0.2) is 5.78 Å². The maximum Gasteiger partial charge on any atom is 0.343 e. The van der Waals surface area contributed by atoms with Gasteiger partial charge in [-0.25, -0.2) is 4.79 Å². The molecule has 1 aromatic rings. The van der Waals surface area contributed by atoms with Crippen LogP contribution in [0.15, 0.2) is 30.3 Å². The van der Waals surface area contributed by atoms with Crippen molar-refractivity contribution in [3.8, 4) is 0 Å². The summed E-state index contributed by atoms with van der Waals surface area (Å²) in [5.74, 6) is -0.818. The molecule has 96 valence electrons. The smallest absolute Gasteiger partial charge is 0.343 e. The largest absolute Gasteiger partial charge is 0.464 e. The predicted octanol–water partition coefficient (Wildman–Crippen LogP) is 1.82. The van der Waals surface area contributed by atoms with E-state index in [2.05, 4.69) is 0 Å². The molecule has 1 aliphatic rings. The highest BCUT2D eigenvalue weighted by atomic mass is 16.6. The number of carbonyl (C=O) groups excluding carboxylic acids is 2. The quantitative estimate of drug-likeness (QED) is 0.605. The van der Waals surface area contributed by atoms with Crippen molar-refractivity contribution in [1.29, 1.82) is 0 Å². The standard InChI is InChI=1S/C14H16O4/c1-3-17-13(16)12-11(15)9-14(2,18-12)10-7-5-4-6-8-10/h4-8,12H,3,9H2,1-2H3. The predicted molar refractivity (Wildman–Crippen MR) is 64.9 cm³/mol. The number of hydrogen-bond donors (Lipinski definition) is 0. The molecule has 0 amide bonds. The number of esters is 1. The average Bonchev–Trinajstić information content (AvgIpc) is 2.68. The van der Waals surface area contributed by atoms with Gasteiger partial charge < -0.3 is 9.47 Å². The van der Waals surface area contributed by atoms with E-state index >= 15 is 0 Å². The van der Waals surface area contributed by atoms with Gasteiger partial charge in [0.2, 0.25) is 6.10 Å². The summed E-state index contributed by atoms with van der Waals surface area (Å²) >= 11 is 0. The lowest BCUT2D eigenvalue weighted by Crippen LogP contribution is -2.30. The zero-order valence-corrected chi connectivity index (χ0v) is 10.5. The van der Waals surface area contributed by atoms with Crippen LogP contribution in [-0.2, 0) is 24.7 Å². The van der Waals surface area contributed by atoms with Crippen LogP contribution in [0.3, 0.4) is 0 Å². The topological polar surface area (TPSA) is 52.6 Å². The van der Waals surface area contributed by atoms with Crippen molar-refractivity contribution >= 4 is 11.8 Å². The van der Waals surface area contributed by atoms with Gasteiger partial charge in [-0.1, -0.05) is 30.3 Å². The maximum absolute atomic E-state index is 11.9. The molecule has 0 bridgehead atoms. The summed E-state index contributed by atoms with van der Waals surface area (Å²) in [6.07, 6.45) is -0.893. The second-order valence-electron chi connectivity index (χ2n) is 4.49. The SMILES string of the molecule is CCOC(=O)C1OC(C)(c2ccccc2)CC1=O. The first-order valence-corrected chi connectivity index (χ1v) is 5.99. The monoisotopic (exact) mass is 248 g/mol. The minimum atomic E-state index is -1.09. The molecular formula is C14H16O4. The minimum Gasteiger partial charge on any atom is -0.464 e. The van der Waals surface area contributed by atoms with Crippen molar-refractivity contribution in [3.63, 3.8) is 0 Å². The van der Waals surface area contributed by atoms with E-state index in [0.29, 0.717) is 0 Å². The lowest BCUT2D eigenvalue weighted by atomic mass is 9.92. The molecule has 1 fully saturated rings. The summed E-state index contributed by atoms with van der Waals surface area (Å²) in [4.78, 5) is 23.5. The highest BCUT2D eigenvalue weighted by Crippen LogP contribution is 2.37. The number of hydrogen-bond acceptors (Lipinski definition) is 4. The second kappa shape index (κ2) is 4.90. The van der Waals surface area contributed by atoms with Crippen molar-refractivity contribution in [1.82, 2.24) is 0 Å². The highest BCUT2D eigenvalue weighted by molar-refractivity contribution is 6.03. The molecule has 1 aliphatic heterocycles. The molecule has 2 rings (SSSR count). The lowest BCUT2D eigenvalue weighted by molar-refractivity contribution is -0.162. The zero-order chi connectivity index (χ0) is 13.2. The molecule has 1 aromatic carbocycles. The van der Waals surface area contributed by atoms with Gasteiger partial charge in [-0.2, -0.15) is 0 Å². The van der Waals surface area contributed by atoms with Crippen LogP contribution in [0.1, 0.15) is 25.8 Å². The first-order valence-electron chi connectivity index (χ1n) is 5.99. The fraction of sp³-hybridized carbons (Fsp3) is 0.429. The van der Waals surface area contributed by atoms with Crippen molar-refractivity contribution in [3.05, 3.63) is 35.9 Å². The van der Waals surface area contributed by atoms with Crippen LogP contribution < -0.4 is 0 Å². The molecule has 1 saturated heterocycles. The van der Waals surface area contributed by atoms with Crippen LogP contribution in [0, 0.1) is 0 Å². The van der Waals surface area contributed by atoms with Gasteiger partial charge >= 0.3 is 5.97 Å². The van der Waals surface area contributed by atoms with Crippen LogP contribution in [0.2, 0.25) is 0 Å². The summed E-state index contributed by atoms with van der Waals surface area (Å²) in [6, 6.07) is 9.44. The number of carbonyl (C=O) groups is 2. The molecule has 4 heteroatoms. The van der Waals surface area contributed by atoms with E-state index in [9.17, 15) is 9.59 Å². The summed E-state index contributed by atoms with van der Waals surface area (Å²) < 4.78 is 10.5. The maximum atomic E-state index is 11.9. The Bertz CT molecular complexity index is 454. The fourth-order valence-electron chi connectivity index (χ4n) is 2.15. The van der Waals surface area contributed by atoms with Crippen LogP contribution in [0.4, 0.5) is 0 Å². The number of ether oxygens (including phenoxy) is 2. The first-order chi connectivity index (χ1) is 8.57. The van der Waals surface area contributed by atoms with E-state index in [1.165, 1.54) is 0 Å². The van der Waals surface area contributed by atoms with Gasteiger partial charge in [-0.3, -0.25) is 4.79 Å². The van der Waals surface area contributed by atoms with Crippen molar-refractivity contribution in [2.75, 3.05) is 6.61 Å². The summed E-state index contributed by atoms with van der Waals surface area (Å²) in [6.45, 7) is 3.77. The van der Waals surface area contributed by atoms with E-state index in [1.807, 2.05) is 37.3 Å². The third-order valence-corrected chi connectivity index (χ3v) is 3.07. The van der Waals surface area contributed by atoms with Gasteiger partial charge in [-0.15, -0.1) is 0 Å². The molecule has 0 radical (unpaired) electrons. The minimum absolute atomic E-state index is 0.195. The van der Waals surface area contributed by atoms with E-state index in [4.69, 9.17) is 9.47 Å². The molecule has 1 heterocycles. The molecule has 0 aliphatic carbocycles. The Morgan fingerprint density at radius 2 is 2.11 bits per heavy atom. The molecule has 2 unspecified atom stereocenters. The fourth-order valence-corrected chi connectivity index (χ4v) is 2.15. The Morgan fingerprint density at radius 3 is 2.72 bits per heavy atom. The van der Waals surface area contributed by atoms with E-state index in [1.54, 1.807) is 6.92 Å². The van der Waals surface area contributed by atoms with E-state index in [-0.39, 0.29) is 18.8 Å². The average molecular weight is 248 g/mol. The van der Waals surface area contributed by atoms with Crippen LogP contribution in [0.5, 0.6) is 0 Å². The van der Waals surface area contributed by atoms with Crippen molar-refractivity contribution < 1.29 is 19.1 Å². The number of rotatable bonds is 3. The Morgan fingerprint density at radius 1 is 1.44 bits per heavy atom. The van der Waals surface area contributed by atoms with Gasteiger partial charge in [0.1, 0.15) is 0 Å². The second-order valence-corrected chi connectivity index (χ2v) is 4.49. The first kappa shape index (κ1) is 12.8. The third kappa shape index (κ3) is 2.29. The Labute approximate surface area is 106 Å². The van der Waals surface area contributed by atoms with Gasteiger partial charge in [0, 0.05) is 6.42 Å². The molecule has 0 saturated carbocycles. The van der Waals surface area contributed by atoms with Gasteiger partial charge in [0.25, 0.3) is 0 Å². The number of benzene rings is 1. The molecule has 18 heavy (non-hydrogen) atoms. The molecule has 2 atom stereocenters. The van der Waals surface area contributed by atoms with Crippen molar-refractivity contribution in [2.45, 2.75) is 32.0 Å². The van der Waals surface area contributed by atoms with Gasteiger partial charge in [-0.05, 0) is 19.4 Å². The summed E-state index contributed by atoms with van der Waals surface area (Å²) in [7, 11) is 0. The Balaban J connectivity index is 2.20. The van der Waals surface area contributed by atoms with Gasteiger partial charge in [0.05, 0.1) is 12.2 Å². The summed E-state index contributed by atoms with van der Waals surface area (Å²) in [5, 5.41) is 0. The Hall–Kier alpha value is -1.68. The van der Waals surface area contributed by atoms with Crippen LogP contribution in [0.25, 0.3) is 0 Å². The lowest BCUT2D eigenvalue weighted by Gasteiger charge is -2.23. The Kier molecular flexibility index (Phi) is 3.48. The third-order valence-electron chi connectivity index (χ3n) is 3.07. The van der Waals surface area contributed by atoms with Crippen LogP contribution >= 0.6 is 0 Å². The molecule has 0 N–H and O–H groups in total. The van der Waals surface area contributed by atoms with E-state index < -0.39 is 17.7 Å². The number of Topliss-reactive ketones (excluding diaryl/α,β-unsaturated/α-hetero) is 1. The van der Waals surface area contributed by atoms with Crippen LogP contribution in [-0.4, -0.2) is 24.5 Å². The summed E-state index contributed by atoms with van der Waals surface area (Å²) in [5.41, 5.74) is 0.153.